The number of anilines is 5. The molecule has 0 fully saturated rings. The summed E-state index contributed by atoms with van der Waals surface area (Å²) in [6.07, 6.45) is 3.34. The van der Waals surface area contributed by atoms with Gasteiger partial charge in [-0.25, -0.2) is 19.9 Å². The van der Waals surface area contributed by atoms with Gasteiger partial charge in [0.1, 0.15) is 17.3 Å². The number of nitrogen functional groups attached to an aromatic ring is 1. The predicted molar refractivity (Wildman–Crippen MR) is 109 cm³/mol. The van der Waals surface area contributed by atoms with E-state index in [1.54, 1.807) is 24.5 Å². The third-order valence-corrected chi connectivity index (χ3v) is 3.83. The Morgan fingerprint density at radius 1 is 0.786 bits per heavy atom. The number of nitrogens with one attached hydrogen (secondary N) is 2. The van der Waals surface area contributed by atoms with Gasteiger partial charge in [0.2, 0.25) is 5.95 Å². The van der Waals surface area contributed by atoms with Gasteiger partial charge in [0.25, 0.3) is 0 Å². The van der Waals surface area contributed by atoms with Gasteiger partial charge in [-0.1, -0.05) is 12.1 Å². The molecule has 8 nitrogen and oxygen atoms in total. The zero-order chi connectivity index (χ0) is 19.3. The van der Waals surface area contributed by atoms with E-state index in [1.807, 2.05) is 49.4 Å². The molecule has 0 aliphatic rings. The molecule has 0 spiro atoms. The SMILES string of the molecule is Cc1cccc(-c2nccc(Nc3ccnc(Nc4cccc(N)c4)n3)n2)n1. The summed E-state index contributed by atoms with van der Waals surface area (Å²) in [4.78, 5) is 22.0. The lowest BCUT2D eigenvalue weighted by molar-refractivity contribution is 1.11. The molecule has 138 valence electrons. The first-order chi connectivity index (χ1) is 13.7. The fourth-order valence-electron chi connectivity index (χ4n) is 2.58. The van der Waals surface area contributed by atoms with Crippen LogP contribution in [0.5, 0.6) is 0 Å². The van der Waals surface area contributed by atoms with E-state index in [2.05, 4.69) is 35.6 Å². The Balaban J connectivity index is 1.54. The van der Waals surface area contributed by atoms with Crippen LogP contribution in [0.3, 0.4) is 0 Å². The Morgan fingerprint density at radius 2 is 1.57 bits per heavy atom. The summed E-state index contributed by atoms with van der Waals surface area (Å²) in [6, 6.07) is 16.7. The van der Waals surface area contributed by atoms with E-state index in [0.717, 1.165) is 17.1 Å². The highest BCUT2D eigenvalue weighted by molar-refractivity contribution is 5.61. The minimum atomic E-state index is 0.449. The van der Waals surface area contributed by atoms with Crippen molar-refractivity contribution in [3.8, 4) is 11.5 Å². The first kappa shape index (κ1) is 17.3. The summed E-state index contributed by atoms with van der Waals surface area (Å²) in [5, 5.41) is 6.30. The molecule has 0 unspecified atom stereocenters. The molecular weight excluding hydrogens is 352 g/mol. The molecule has 0 atom stereocenters. The van der Waals surface area contributed by atoms with Gasteiger partial charge >= 0.3 is 0 Å². The second-order valence-corrected chi connectivity index (χ2v) is 6.07. The number of pyridine rings is 1. The van der Waals surface area contributed by atoms with E-state index in [-0.39, 0.29) is 0 Å². The van der Waals surface area contributed by atoms with E-state index in [0.29, 0.717) is 29.1 Å². The molecule has 0 amide bonds. The van der Waals surface area contributed by atoms with Gasteiger partial charge in [-0.05, 0) is 49.4 Å². The van der Waals surface area contributed by atoms with Gasteiger partial charge in [0, 0.05) is 29.5 Å². The smallest absolute Gasteiger partial charge is 0.229 e. The minimum Gasteiger partial charge on any atom is -0.399 e. The van der Waals surface area contributed by atoms with E-state index >= 15 is 0 Å². The molecule has 4 aromatic rings. The molecule has 28 heavy (non-hydrogen) atoms. The largest absolute Gasteiger partial charge is 0.399 e. The maximum atomic E-state index is 5.80. The maximum Gasteiger partial charge on any atom is 0.229 e. The lowest BCUT2D eigenvalue weighted by Gasteiger charge is -2.09. The van der Waals surface area contributed by atoms with Crippen LogP contribution >= 0.6 is 0 Å². The normalized spacial score (nSPS) is 10.5. The van der Waals surface area contributed by atoms with Gasteiger partial charge in [-0.2, -0.15) is 4.98 Å². The molecule has 1 aromatic carbocycles. The van der Waals surface area contributed by atoms with Crippen LogP contribution in [-0.2, 0) is 0 Å². The monoisotopic (exact) mass is 370 g/mol. The number of aryl methyl sites for hydroxylation is 1. The van der Waals surface area contributed by atoms with E-state index in [9.17, 15) is 0 Å². The van der Waals surface area contributed by atoms with Crippen molar-refractivity contribution < 1.29 is 0 Å². The van der Waals surface area contributed by atoms with Crippen LogP contribution in [-0.4, -0.2) is 24.9 Å². The number of hydrogen-bond acceptors (Lipinski definition) is 8. The third kappa shape index (κ3) is 4.18. The second kappa shape index (κ2) is 7.67. The van der Waals surface area contributed by atoms with Crippen LogP contribution in [0, 0.1) is 6.92 Å². The van der Waals surface area contributed by atoms with Crippen molar-refractivity contribution >= 4 is 29.0 Å². The molecule has 0 aliphatic carbocycles. The van der Waals surface area contributed by atoms with Crippen LogP contribution in [0.4, 0.5) is 29.0 Å². The summed E-state index contributed by atoms with van der Waals surface area (Å²) in [5.41, 5.74) is 8.91. The molecule has 0 radical (unpaired) electrons. The maximum absolute atomic E-state index is 5.80. The summed E-state index contributed by atoms with van der Waals surface area (Å²) < 4.78 is 0. The van der Waals surface area contributed by atoms with Crippen molar-refractivity contribution in [2.75, 3.05) is 16.4 Å². The van der Waals surface area contributed by atoms with E-state index < -0.39 is 0 Å². The van der Waals surface area contributed by atoms with Gasteiger partial charge in [0.05, 0.1) is 0 Å². The third-order valence-electron chi connectivity index (χ3n) is 3.83. The van der Waals surface area contributed by atoms with E-state index in [1.165, 1.54) is 0 Å². The Labute approximate surface area is 162 Å². The Bertz CT molecular complexity index is 1110. The zero-order valence-corrected chi connectivity index (χ0v) is 15.2. The lowest BCUT2D eigenvalue weighted by Crippen LogP contribution is -2.02. The van der Waals surface area contributed by atoms with Crippen LogP contribution in [0.2, 0.25) is 0 Å². The van der Waals surface area contributed by atoms with Crippen molar-refractivity contribution in [3.05, 3.63) is 72.7 Å². The number of hydrogen-bond donors (Lipinski definition) is 3. The quantitative estimate of drug-likeness (QED) is 0.456. The summed E-state index contributed by atoms with van der Waals surface area (Å²) in [5.74, 6) is 2.20. The van der Waals surface area contributed by atoms with Crippen LogP contribution in [0.15, 0.2) is 67.0 Å². The lowest BCUT2D eigenvalue weighted by atomic mass is 10.3. The molecule has 4 rings (SSSR count). The average molecular weight is 370 g/mol. The molecule has 0 aliphatic heterocycles. The van der Waals surface area contributed by atoms with Crippen LogP contribution in [0.25, 0.3) is 11.5 Å². The fourth-order valence-corrected chi connectivity index (χ4v) is 2.58. The van der Waals surface area contributed by atoms with Gasteiger partial charge < -0.3 is 16.4 Å². The zero-order valence-electron chi connectivity index (χ0n) is 15.2. The van der Waals surface area contributed by atoms with Crippen molar-refractivity contribution in [3.63, 3.8) is 0 Å². The molecule has 0 saturated carbocycles. The number of rotatable bonds is 5. The van der Waals surface area contributed by atoms with Crippen molar-refractivity contribution in [1.29, 1.82) is 0 Å². The highest BCUT2D eigenvalue weighted by atomic mass is 15.2. The minimum absolute atomic E-state index is 0.449. The van der Waals surface area contributed by atoms with Gasteiger partial charge in [-0.15, -0.1) is 0 Å². The molecule has 3 heterocycles. The summed E-state index contributed by atoms with van der Waals surface area (Å²) >= 11 is 0. The predicted octanol–water partition coefficient (Wildman–Crippen LogP) is 3.71. The van der Waals surface area contributed by atoms with Crippen LogP contribution in [0.1, 0.15) is 5.69 Å². The Kier molecular flexibility index (Phi) is 4.75. The van der Waals surface area contributed by atoms with E-state index in [4.69, 9.17) is 5.73 Å². The number of nitrogens with zero attached hydrogens (tertiary/aromatic N) is 5. The number of aromatic nitrogens is 5. The van der Waals surface area contributed by atoms with Gasteiger partial charge in [0.15, 0.2) is 5.82 Å². The fraction of sp³-hybridized carbons (Fsp3) is 0.0500. The summed E-state index contributed by atoms with van der Waals surface area (Å²) in [6.45, 7) is 1.93. The highest BCUT2D eigenvalue weighted by Crippen LogP contribution is 2.19. The first-order valence-corrected chi connectivity index (χ1v) is 8.65. The Morgan fingerprint density at radius 3 is 2.39 bits per heavy atom. The highest BCUT2D eigenvalue weighted by Gasteiger charge is 2.06. The number of benzene rings is 1. The molecule has 0 saturated heterocycles. The molecule has 8 heteroatoms. The Hall–Kier alpha value is -4.07. The molecule has 4 N–H and O–H groups in total. The average Bonchev–Trinajstić information content (AvgIpc) is 2.69. The first-order valence-electron chi connectivity index (χ1n) is 8.65. The molecule has 3 aromatic heterocycles. The number of nitrogens with two attached hydrogens (primary N) is 1. The molecule has 0 bridgehead atoms. The summed E-state index contributed by atoms with van der Waals surface area (Å²) in [7, 11) is 0. The standard InChI is InChI=1S/C20H18N8/c1-13-4-2-7-16(24-13)19-22-10-8-17(27-19)26-18-9-11-23-20(28-18)25-15-6-3-5-14(21)12-15/h2-12H,21H2,1H3,(H2,22,23,25,26,27,28). The second-order valence-electron chi connectivity index (χ2n) is 6.07. The van der Waals surface area contributed by atoms with Gasteiger partial charge in [-0.3, -0.25) is 0 Å². The topological polar surface area (TPSA) is 115 Å². The van der Waals surface area contributed by atoms with Crippen LogP contribution < -0.4 is 16.4 Å². The molecular formula is C20H18N8. The van der Waals surface area contributed by atoms with Crippen molar-refractivity contribution in [2.24, 2.45) is 0 Å². The van der Waals surface area contributed by atoms with Crippen molar-refractivity contribution in [2.45, 2.75) is 6.92 Å². The van der Waals surface area contributed by atoms with Crippen molar-refractivity contribution in [1.82, 2.24) is 24.9 Å².